The van der Waals surface area contributed by atoms with Crippen molar-refractivity contribution in [3.05, 3.63) is 82.9 Å². The van der Waals surface area contributed by atoms with Crippen LogP contribution in [0.5, 0.6) is 11.5 Å². The van der Waals surface area contributed by atoms with Gasteiger partial charge in [-0.3, -0.25) is 9.59 Å². The third-order valence-electron chi connectivity index (χ3n) is 4.55. The Morgan fingerprint density at radius 3 is 2.22 bits per heavy atom. The minimum absolute atomic E-state index is 0.00927. The Morgan fingerprint density at radius 1 is 1.00 bits per heavy atom. The lowest BCUT2D eigenvalue weighted by Gasteiger charge is -2.10. The standard InChI is InChI=1S/C23H20ClNO6S/c1-2-32(29,30)19-10-4-16(5-11-19)23(28)25-17-6-8-18(9-7-17)31-21-12-3-15(13-20(21)24)14-22(26)27/h3-13H,2,14H2,1H3,(H,25,28)(H,26,27). The number of carboxylic acid groups (broad SMARTS) is 1. The fourth-order valence-corrected chi connectivity index (χ4v) is 3.95. The molecule has 7 nitrogen and oxygen atoms in total. The Morgan fingerprint density at radius 2 is 1.66 bits per heavy atom. The summed E-state index contributed by atoms with van der Waals surface area (Å²) in [4.78, 5) is 23.4. The number of amides is 1. The highest BCUT2D eigenvalue weighted by Gasteiger charge is 2.13. The summed E-state index contributed by atoms with van der Waals surface area (Å²) in [5.41, 5.74) is 1.41. The Bertz CT molecular complexity index is 1240. The molecule has 0 unspecified atom stereocenters. The number of aliphatic carboxylic acids is 1. The van der Waals surface area contributed by atoms with Crippen molar-refractivity contribution in [1.82, 2.24) is 0 Å². The number of sulfone groups is 1. The molecule has 0 saturated carbocycles. The summed E-state index contributed by atoms with van der Waals surface area (Å²) in [6, 6.07) is 17.1. The Hall–Kier alpha value is -3.36. The minimum atomic E-state index is -3.32. The molecule has 2 N–H and O–H groups in total. The van der Waals surface area contributed by atoms with Crippen LogP contribution in [0.15, 0.2) is 71.6 Å². The second kappa shape index (κ2) is 9.84. The summed E-state index contributed by atoms with van der Waals surface area (Å²) in [6.07, 6.45) is -0.133. The van der Waals surface area contributed by atoms with Crippen molar-refractivity contribution in [2.45, 2.75) is 18.2 Å². The van der Waals surface area contributed by atoms with E-state index in [0.717, 1.165) is 0 Å². The van der Waals surface area contributed by atoms with Gasteiger partial charge in [-0.25, -0.2) is 8.42 Å². The average molecular weight is 474 g/mol. The molecule has 0 spiro atoms. The molecular weight excluding hydrogens is 454 g/mol. The van der Waals surface area contributed by atoms with Crippen LogP contribution in [0.4, 0.5) is 5.69 Å². The number of benzene rings is 3. The van der Waals surface area contributed by atoms with Crippen molar-refractivity contribution in [2.75, 3.05) is 11.1 Å². The molecule has 1 amide bonds. The van der Waals surface area contributed by atoms with Crippen molar-refractivity contribution in [3.8, 4) is 11.5 Å². The van der Waals surface area contributed by atoms with E-state index in [-0.39, 0.29) is 28.0 Å². The first-order valence-corrected chi connectivity index (χ1v) is 11.6. The van der Waals surface area contributed by atoms with Crippen LogP contribution < -0.4 is 10.1 Å². The summed E-state index contributed by atoms with van der Waals surface area (Å²) in [5.74, 6) is -0.486. The molecule has 9 heteroatoms. The highest BCUT2D eigenvalue weighted by atomic mass is 35.5. The first kappa shape index (κ1) is 23.3. The largest absolute Gasteiger partial charge is 0.481 e. The van der Waals surface area contributed by atoms with E-state index >= 15 is 0 Å². The minimum Gasteiger partial charge on any atom is -0.481 e. The lowest BCUT2D eigenvalue weighted by molar-refractivity contribution is -0.136. The van der Waals surface area contributed by atoms with Crippen LogP contribution in [0.1, 0.15) is 22.8 Å². The van der Waals surface area contributed by atoms with Crippen LogP contribution in [0.3, 0.4) is 0 Å². The molecule has 0 saturated heterocycles. The van der Waals surface area contributed by atoms with Crippen molar-refractivity contribution in [2.24, 2.45) is 0 Å². The van der Waals surface area contributed by atoms with E-state index < -0.39 is 15.8 Å². The molecule has 0 radical (unpaired) electrons. The van der Waals surface area contributed by atoms with Gasteiger partial charge in [0, 0.05) is 11.3 Å². The Balaban J connectivity index is 1.64. The second-order valence-electron chi connectivity index (χ2n) is 6.84. The fraction of sp³-hybridized carbons (Fsp3) is 0.130. The fourth-order valence-electron chi connectivity index (χ4n) is 2.83. The van der Waals surface area contributed by atoms with Crippen LogP contribution in [0.2, 0.25) is 5.02 Å². The zero-order chi connectivity index (χ0) is 23.3. The number of hydrogen-bond donors (Lipinski definition) is 2. The predicted molar refractivity (Wildman–Crippen MR) is 121 cm³/mol. The number of carbonyl (C=O) groups excluding carboxylic acids is 1. The average Bonchev–Trinajstić information content (AvgIpc) is 2.76. The maximum Gasteiger partial charge on any atom is 0.307 e. The summed E-state index contributed by atoms with van der Waals surface area (Å²) in [5, 5.41) is 11.9. The molecule has 0 fully saturated rings. The van der Waals surface area contributed by atoms with Crippen LogP contribution in [-0.4, -0.2) is 31.2 Å². The van der Waals surface area contributed by atoms with Crippen LogP contribution >= 0.6 is 11.6 Å². The van der Waals surface area contributed by atoms with Crippen LogP contribution in [-0.2, 0) is 21.1 Å². The van der Waals surface area contributed by atoms with E-state index in [4.69, 9.17) is 21.4 Å². The van der Waals surface area contributed by atoms with Gasteiger partial charge in [0.2, 0.25) is 0 Å². The number of nitrogens with one attached hydrogen (secondary N) is 1. The smallest absolute Gasteiger partial charge is 0.307 e. The molecule has 0 bridgehead atoms. The first-order chi connectivity index (χ1) is 15.2. The summed E-state index contributed by atoms with van der Waals surface area (Å²) < 4.78 is 29.5. The van der Waals surface area contributed by atoms with Crippen LogP contribution in [0.25, 0.3) is 0 Å². The van der Waals surface area contributed by atoms with Gasteiger partial charge in [0.1, 0.15) is 11.5 Å². The van der Waals surface area contributed by atoms with Gasteiger partial charge in [0.15, 0.2) is 9.84 Å². The third-order valence-corrected chi connectivity index (χ3v) is 6.59. The predicted octanol–water partition coefficient (Wildman–Crippen LogP) is 4.81. The number of rotatable bonds is 8. The highest BCUT2D eigenvalue weighted by Crippen LogP contribution is 2.31. The third kappa shape index (κ3) is 5.87. The zero-order valence-electron chi connectivity index (χ0n) is 17.0. The lowest BCUT2D eigenvalue weighted by Crippen LogP contribution is -2.12. The van der Waals surface area contributed by atoms with Gasteiger partial charge in [-0.1, -0.05) is 24.6 Å². The number of carbonyl (C=O) groups is 2. The molecule has 3 aromatic rings. The molecular formula is C23H20ClNO6S. The maximum atomic E-state index is 12.4. The van der Waals surface area contributed by atoms with Crippen LogP contribution in [0, 0.1) is 0 Å². The molecule has 166 valence electrons. The molecule has 3 aromatic carbocycles. The number of hydrogen-bond acceptors (Lipinski definition) is 5. The van der Waals surface area contributed by atoms with Crippen molar-refractivity contribution in [3.63, 3.8) is 0 Å². The summed E-state index contributed by atoms with van der Waals surface area (Å²) in [7, 11) is -3.32. The Labute approximate surface area is 190 Å². The van der Waals surface area contributed by atoms with E-state index in [1.807, 2.05) is 0 Å². The van der Waals surface area contributed by atoms with Gasteiger partial charge in [-0.15, -0.1) is 0 Å². The molecule has 0 aliphatic heterocycles. The van der Waals surface area contributed by atoms with E-state index in [1.165, 1.54) is 30.3 Å². The molecule has 0 atom stereocenters. The molecule has 0 aliphatic rings. The van der Waals surface area contributed by atoms with Gasteiger partial charge in [0.25, 0.3) is 5.91 Å². The maximum absolute atomic E-state index is 12.4. The van der Waals surface area contributed by atoms with Gasteiger partial charge < -0.3 is 15.2 Å². The molecule has 0 aliphatic carbocycles. The monoisotopic (exact) mass is 473 g/mol. The molecule has 3 rings (SSSR count). The highest BCUT2D eigenvalue weighted by molar-refractivity contribution is 7.91. The lowest BCUT2D eigenvalue weighted by atomic mass is 10.1. The number of ether oxygens (including phenoxy) is 1. The van der Waals surface area contributed by atoms with E-state index in [9.17, 15) is 18.0 Å². The Kier molecular flexibility index (Phi) is 7.17. The molecule has 0 aromatic heterocycles. The normalized spacial score (nSPS) is 11.1. The van der Waals surface area contributed by atoms with E-state index in [0.29, 0.717) is 28.3 Å². The van der Waals surface area contributed by atoms with Crippen molar-refractivity contribution >= 4 is 39.0 Å². The topological polar surface area (TPSA) is 110 Å². The first-order valence-electron chi connectivity index (χ1n) is 9.60. The second-order valence-corrected chi connectivity index (χ2v) is 9.53. The number of carboxylic acids is 1. The SMILES string of the molecule is CCS(=O)(=O)c1ccc(C(=O)Nc2ccc(Oc3ccc(CC(=O)O)cc3Cl)cc2)cc1. The van der Waals surface area contributed by atoms with Gasteiger partial charge in [-0.05, 0) is 66.2 Å². The van der Waals surface area contributed by atoms with Crippen molar-refractivity contribution < 1.29 is 27.9 Å². The molecule has 0 heterocycles. The quantitative estimate of drug-likeness (QED) is 0.486. The van der Waals surface area contributed by atoms with E-state index in [1.54, 1.807) is 43.3 Å². The van der Waals surface area contributed by atoms with Crippen molar-refractivity contribution in [1.29, 1.82) is 0 Å². The van der Waals surface area contributed by atoms with Gasteiger partial charge in [0.05, 0.1) is 22.1 Å². The zero-order valence-corrected chi connectivity index (χ0v) is 18.6. The molecule has 32 heavy (non-hydrogen) atoms. The van der Waals surface area contributed by atoms with Gasteiger partial charge in [-0.2, -0.15) is 0 Å². The summed E-state index contributed by atoms with van der Waals surface area (Å²) >= 11 is 6.17. The number of halogens is 1. The van der Waals surface area contributed by atoms with E-state index in [2.05, 4.69) is 5.32 Å². The number of anilines is 1. The van der Waals surface area contributed by atoms with Gasteiger partial charge >= 0.3 is 5.97 Å². The summed E-state index contributed by atoms with van der Waals surface area (Å²) in [6.45, 7) is 1.56.